The molecule has 4 fully saturated rings. The van der Waals surface area contributed by atoms with Gasteiger partial charge in [0.2, 0.25) is 0 Å². The van der Waals surface area contributed by atoms with Gasteiger partial charge in [-0.15, -0.1) is 0 Å². The summed E-state index contributed by atoms with van der Waals surface area (Å²) in [7, 11) is 1.59. The summed E-state index contributed by atoms with van der Waals surface area (Å²) in [5.74, 6) is -1.18. The Morgan fingerprint density at radius 2 is 2.00 bits per heavy atom. The molecule has 0 spiro atoms. The number of carboxylic acid groups (broad SMARTS) is 1. The van der Waals surface area contributed by atoms with Crippen molar-refractivity contribution in [2.75, 3.05) is 20.2 Å². The van der Waals surface area contributed by atoms with Gasteiger partial charge < -0.3 is 19.6 Å². The second-order valence-corrected chi connectivity index (χ2v) is 10.1. The Hall–Kier alpha value is -2.45. The van der Waals surface area contributed by atoms with Gasteiger partial charge in [-0.1, -0.05) is 6.07 Å². The van der Waals surface area contributed by atoms with Crippen molar-refractivity contribution in [3.63, 3.8) is 0 Å². The molecule has 1 aromatic rings. The van der Waals surface area contributed by atoms with Crippen molar-refractivity contribution in [2.45, 2.75) is 55.8 Å². The van der Waals surface area contributed by atoms with Gasteiger partial charge in [0.05, 0.1) is 7.11 Å². The number of nitrogens with zero attached hydrogens (tertiary/aromatic N) is 2. The van der Waals surface area contributed by atoms with Crippen LogP contribution >= 0.6 is 0 Å². The van der Waals surface area contributed by atoms with E-state index in [1.807, 2.05) is 18.2 Å². The molecule has 2 unspecified atom stereocenters. The molecule has 6 nitrogen and oxygen atoms in total. The number of rotatable bonds is 1. The number of halogens is 3. The van der Waals surface area contributed by atoms with Gasteiger partial charge in [0.15, 0.2) is 0 Å². The van der Waals surface area contributed by atoms with Gasteiger partial charge in [-0.05, 0) is 67.2 Å². The Morgan fingerprint density at radius 3 is 2.69 bits per heavy atom. The molecule has 9 heteroatoms. The quantitative estimate of drug-likeness (QED) is 0.712. The average molecular weight is 450 g/mol. The SMILES string of the molecule is COc1ccc2c(c1)[C@]13CCN(C(=O)O)[C@H](C2)[C@]12CCC1C3[C@@H](CN1C(=O)C(F)(F)F)C2. The molecule has 2 aliphatic heterocycles. The van der Waals surface area contributed by atoms with Crippen LogP contribution in [0.3, 0.4) is 0 Å². The second-order valence-electron chi connectivity index (χ2n) is 10.1. The van der Waals surface area contributed by atoms with E-state index in [0.29, 0.717) is 44.4 Å². The molecule has 3 aliphatic carbocycles. The molecule has 2 amide bonds. The minimum atomic E-state index is -4.88. The molecule has 5 aliphatic rings. The lowest BCUT2D eigenvalue weighted by molar-refractivity contribution is -0.189. The molecule has 4 bridgehead atoms. The number of carbonyl (C=O) groups excluding carboxylic acids is 1. The van der Waals surface area contributed by atoms with Crippen molar-refractivity contribution in [1.29, 1.82) is 0 Å². The Balaban J connectivity index is 1.54. The Bertz CT molecular complexity index is 1030. The number of likely N-dealkylation sites (tertiary alicyclic amines) is 2. The highest BCUT2D eigenvalue weighted by Gasteiger charge is 2.77. The molecular formula is C23H25F3N2O4. The van der Waals surface area contributed by atoms with Crippen LogP contribution in [0.4, 0.5) is 18.0 Å². The molecule has 1 aromatic carbocycles. The predicted molar refractivity (Wildman–Crippen MR) is 106 cm³/mol. The van der Waals surface area contributed by atoms with Gasteiger partial charge in [0, 0.05) is 36.0 Å². The van der Waals surface area contributed by atoms with Crippen molar-refractivity contribution in [3.05, 3.63) is 29.3 Å². The van der Waals surface area contributed by atoms with E-state index in [-0.39, 0.29) is 29.8 Å². The standard InChI is InChI=1S/C23H25F3N2O4/c1-32-14-3-2-12-8-17-21-5-4-16-18(13(10-21)11-28(16)19(29)23(24,25)26)22(21,15(12)9-14)6-7-27(17)20(30)31/h2-3,9,13,16-18H,4-8,10-11H2,1H3,(H,30,31)/t13-,16?,17-,18?,21-,22+/m1/s1. The number of hydrogen-bond acceptors (Lipinski definition) is 3. The highest BCUT2D eigenvalue weighted by Crippen LogP contribution is 2.75. The Labute approximate surface area is 183 Å². The number of alkyl halides is 3. The van der Waals surface area contributed by atoms with Crippen molar-refractivity contribution in [2.24, 2.45) is 17.3 Å². The molecule has 0 aromatic heterocycles. The summed E-state index contributed by atoms with van der Waals surface area (Å²) >= 11 is 0. The van der Waals surface area contributed by atoms with E-state index in [1.165, 1.54) is 0 Å². The zero-order chi connectivity index (χ0) is 22.6. The van der Waals surface area contributed by atoms with E-state index in [4.69, 9.17) is 4.74 Å². The first-order valence-electron chi connectivity index (χ1n) is 11.2. The van der Waals surface area contributed by atoms with Crippen LogP contribution in [-0.4, -0.2) is 65.4 Å². The maximum atomic E-state index is 13.4. The number of carbonyl (C=O) groups is 2. The van der Waals surface area contributed by atoms with E-state index in [1.54, 1.807) is 12.0 Å². The van der Waals surface area contributed by atoms with Gasteiger partial charge >= 0.3 is 18.2 Å². The fourth-order valence-electron chi connectivity index (χ4n) is 8.74. The van der Waals surface area contributed by atoms with Gasteiger partial charge in [-0.2, -0.15) is 13.2 Å². The van der Waals surface area contributed by atoms with Crippen LogP contribution in [0, 0.1) is 17.3 Å². The van der Waals surface area contributed by atoms with Gasteiger partial charge in [0.25, 0.3) is 0 Å². The van der Waals surface area contributed by atoms with Crippen molar-refractivity contribution >= 4 is 12.0 Å². The Morgan fingerprint density at radius 1 is 1.22 bits per heavy atom. The lowest BCUT2D eigenvalue weighted by atomic mass is 9.43. The third kappa shape index (κ3) is 2.17. The average Bonchev–Trinajstić information content (AvgIpc) is 3.18. The lowest BCUT2D eigenvalue weighted by Crippen LogP contribution is -2.70. The molecular weight excluding hydrogens is 425 g/mol. The van der Waals surface area contributed by atoms with Crippen LogP contribution in [0.25, 0.3) is 0 Å². The molecule has 6 atom stereocenters. The Kier molecular flexibility index (Phi) is 3.85. The first-order valence-corrected chi connectivity index (χ1v) is 11.2. The minimum Gasteiger partial charge on any atom is -0.497 e. The van der Waals surface area contributed by atoms with E-state index in [0.717, 1.165) is 16.0 Å². The van der Waals surface area contributed by atoms with Gasteiger partial charge in [-0.25, -0.2) is 4.79 Å². The fourth-order valence-corrected chi connectivity index (χ4v) is 8.74. The molecule has 32 heavy (non-hydrogen) atoms. The molecule has 1 N–H and O–H groups in total. The number of ether oxygens (including phenoxy) is 1. The molecule has 0 radical (unpaired) electrons. The number of benzene rings is 1. The lowest BCUT2D eigenvalue weighted by Gasteiger charge is -2.66. The maximum Gasteiger partial charge on any atom is 0.471 e. The maximum absolute atomic E-state index is 13.4. The summed E-state index contributed by atoms with van der Waals surface area (Å²) in [5, 5.41) is 9.96. The van der Waals surface area contributed by atoms with Crippen LogP contribution in [0.2, 0.25) is 0 Å². The zero-order valence-electron chi connectivity index (χ0n) is 17.7. The molecule has 2 saturated heterocycles. The van der Waals surface area contributed by atoms with Crippen LogP contribution in [0.5, 0.6) is 5.75 Å². The summed E-state index contributed by atoms with van der Waals surface area (Å²) in [4.78, 5) is 27.1. The summed E-state index contributed by atoms with van der Waals surface area (Å²) < 4.78 is 45.6. The third-order valence-corrected chi connectivity index (χ3v) is 9.45. The smallest absolute Gasteiger partial charge is 0.471 e. The molecule has 2 heterocycles. The summed E-state index contributed by atoms with van der Waals surface area (Å²) in [6.07, 6.45) is -2.83. The van der Waals surface area contributed by atoms with Crippen molar-refractivity contribution < 1.29 is 32.6 Å². The third-order valence-electron chi connectivity index (χ3n) is 9.45. The molecule has 172 valence electrons. The second kappa shape index (κ2) is 6.11. The predicted octanol–water partition coefficient (Wildman–Crippen LogP) is 3.43. The van der Waals surface area contributed by atoms with Gasteiger partial charge in [0.1, 0.15) is 5.75 Å². The summed E-state index contributed by atoms with van der Waals surface area (Å²) in [5.41, 5.74) is 1.43. The van der Waals surface area contributed by atoms with E-state index >= 15 is 0 Å². The van der Waals surface area contributed by atoms with E-state index in [2.05, 4.69) is 0 Å². The number of piperidine rings is 1. The van der Waals surface area contributed by atoms with E-state index in [9.17, 15) is 27.9 Å². The monoisotopic (exact) mass is 450 g/mol. The fraction of sp³-hybridized carbons (Fsp3) is 0.652. The van der Waals surface area contributed by atoms with Crippen LogP contribution in [0.15, 0.2) is 18.2 Å². The summed E-state index contributed by atoms with van der Waals surface area (Å²) in [6.45, 7) is 0.470. The van der Waals surface area contributed by atoms with Crippen LogP contribution in [-0.2, 0) is 16.6 Å². The number of amides is 2. The van der Waals surface area contributed by atoms with Crippen molar-refractivity contribution in [1.82, 2.24) is 9.80 Å². The highest BCUT2D eigenvalue weighted by molar-refractivity contribution is 5.83. The van der Waals surface area contributed by atoms with E-state index < -0.39 is 29.6 Å². The normalized spacial score (nSPS) is 38.9. The molecule has 6 rings (SSSR count). The highest BCUT2D eigenvalue weighted by atomic mass is 19.4. The topological polar surface area (TPSA) is 70.1 Å². The van der Waals surface area contributed by atoms with Gasteiger partial charge in [-0.3, -0.25) is 4.79 Å². The summed E-state index contributed by atoms with van der Waals surface area (Å²) in [6, 6.07) is 5.23. The van der Waals surface area contributed by atoms with Crippen molar-refractivity contribution in [3.8, 4) is 5.75 Å². The first-order chi connectivity index (χ1) is 15.1. The first kappa shape index (κ1) is 20.2. The van der Waals surface area contributed by atoms with Crippen LogP contribution in [0.1, 0.15) is 36.8 Å². The largest absolute Gasteiger partial charge is 0.497 e. The minimum absolute atomic E-state index is 0.0535. The zero-order valence-corrected chi connectivity index (χ0v) is 17.7. The molecule has 2 saturated carbocycles. The number of hydrogen-bond donors (Lipinski definition) is 1. The number of fused-ring (bicyclic) bond motifs is 1. The number of methoxy groups -OCH3 is 1. The van der Waals surface area contributed by atoms with Crippen LogP contribution < -0.4 is 4.74 Å².